The number of ether oxygens (including phenoxy) is 1. The number of hydrogen-bond donors (Lipinski definition) is 0. The summed E-state index contributed by atoms with van der Waals surface area (Å²) in [6, 6.07) is 3.85. The van der Waals surface area contributed by atoms with Gasteiger partial charge in [0.1, 0.15) is 17.5 Å². The van der Waals surface area contributed by atoms with Gasteiger partial charge in [-0.25, -0.2) is 4.98 Å². The Bertz CT molecular complexity index is 441. The summed E-state index contributed by atoms with van der Waals surface area (Å²) >= 11 is 0. The summed E-state index contributed by atoms with van der Waals surface area (Å²) < 4.78 is 5.21. The molecule has 0 saturated heterocycles. The van der Waals surface area contributed by atoms with E-state index in [4.69, 9.17) is 10.00 Å². The van der Waals surface area contributed by atoms with E-state index in [-0.39, 0.29) is 0 Å². The molecule has 76 valence electrons. The summed E-state index contributed by atoms with van der Waals surface area (Å²) in [4.78, 5) is 3.96. The minimum atomic E-state index is 0.416. The lowest BCUT2D eigenvalue weighted by Gasteiger charge is -2.09. The molecule has 0 spiro atoms. The minimum absolute atomic E-state index is 0.416. The van der Waals surface area contributed by atoms with Gasteiger partial charge in [-0.1, -0.05) is 12.7 Å². The molecule has 0 aliphatic rings. The SMILES string of the molecule is C=C/C=C(/OC)c1ccnc(C#N)c1C. The summed E-state index contributed by atoms with van der Waals surface area (Å²) in [7, 11) is 1.58. The largest absolute Gasteiger partial charge is 0.496 e. The van der Waals surface area contributed by atoms with Crippen molar-refractivity contribution in [2.75, 3.05) is 7.11 Å². The smallest absolute Gasteiger partial charge is 0.144 e. The van der Waals surface area contributed by atoms with Crippen LogP contribution in [0.15, 0.2) is 31.0 Å². The van der Waals surface area contributed by atoms with Crippen LogP contribution in [0.5, 0.6) is 0 Å². The number of nitrogens with zero attached hydrogens (tertiary/aromatic N) is 2. The highest BCUT2D eigenvalue weighted by Gasteiger charge is 2.08. The van der Waals surface area contributed by atoms with Crippen molar-refractivity contribution in [2.45, 2.75) is 6.92 Å². The fourth-order valence-electron chi connectivity index (χ4n) is 1.29. The molecule has 15 heavy (non-hydrogen) atoms. The highest BCUT2D eigenvalue weighted by atomic mass is 16.5. The number of hydrogen-bond acceptors (Lipinski definition) is 3. The Morgan fingerprint density at radius 3 is 2.93 bits per heavy atom. The van der Waals surface area contributed by atoms with Crippen molar-refractivity contribution in [3.63, 3.8) is 0 Å². The first kappa shape index (κ1) is 11.0. The van der Waals surface area contributed by atoms with E-state index in [2.05, 4.69) is 11.6 Å². The second-order valence-corrected chi connectivity index (χ2v) is 2.91. The fourth-order valence-corrected chi connectivity index (χ4v) is 1.29. The van der Waals surface area contributed by atoms with Crippen LogP contribution in [-0.4, -0.2) is 12.1 Å². The number of pyridine rings is 1. The molecule has 1 aromatic rings. The molecule has 1 heterocycles. The molecule has 1 aromatic heterocycles. The summed E-state index contributed by atoms with van der Waals surface area (Å²) in [5.41, 5.74) is 2.10. The maximum absolute atomic E-state index is 8.83. The van der Waals surface area contributed by atoms with Crippen LogP contribution >= 0.6 is 0 Å². The van der Waals surface area contributed by atoms with Crippen molar-refractivity contribution in [3.8, 4) is 6.07 Å². The zero-order valence-corrected chi connectivity index (χ0v) is 8.82. The molecule has 0 amide bonds. The van der Waals surface area contributed by atoms with E-state index >= 15 is 0 Å². The molecule has 0 N–H and O–H groups in total. The van der Waals surface area contributed by atoms with E-state index in [1.54, 1.807) is 25.5 Å². The van der Waals surface area contributed by atoms with Gasteiger partial charge in [-0.15, -0.1) is 0 Å². The van der Waals surface area contributed by atoms with Gasteiger partial charge in [0.05, 0.1) is 7.11 Å². The Morgan fingerprint density at radius 2 is 2.40 bits per heavy atom. The molecule has 3 heteroatoms. The molecular formula is C12H12N2O. The van der Waals surface area contributed by atoms with E-state index < -0.39 is 0 Å². The van der Waals surface area contributed by atoms with Crippen LogP contribution in [0.3, 0.4) is 0 Å². The van der Waals surface area contributed by atoms with Crippen LogP contribution in [-0.2, 0) is 4.74 Å². The highest BCUT2D eigenvalue weighted by Crippen LogP contribution is 2.20. The van der Waals surface area contributed by atoms with E-state index in [0.717, 1.165) is 11.1 Å². The average Bonchev–Trinajstić information content (AvgIpc) is 2.27. The molecule has 0 aromatic carbocycles. The zero-order chi connectivity index (χ0) is 11.3. The van der Waals surface area contributed by atoms with Crippen molar-refractivity contribution >= 4 is 5.76 Å². The molecule has 0 saturated carbocycles. The first-order valence-corrected chi connectivity index (χ1v) is 4.47. The van der Waals surface area contributed by atoms with E-state index in [9.17, 15) is 0 Å². The number of methoxy groups -OCH3 is 1. The van der Waals surface area contributed by atoms with Gasteiger partial charge >= 0.3 is 0 Å². The molecule has 0 atom stereocenters. The van der Waals surface area contributed by atoms with Crippen molar-refractivity contribution < 1.29 is 4.74 Å². The standard InChI is InChI=1S/C12H12N2O/c1-4-5-12(15-3)10-6-7-14-11(8-13)9(10)2/h4-7H,1H2,2-3H3/b12-5+. The summed E-state index contributed by atoms with van der Waals surface area (Å²) in [6.45, 7) is 5.45. The fraction of sp³-hybridized carbons (Fsp3) is 0.167. The lowest BCUT2D eigenvalue weighted by atomic mass is 10.1. The maximum Gasteiger partial charge on any atom is 0.144 e. The van der Waals surface area contributed by atoms with Crippen LogP contribution in [0.1, 0.15) is 16.8 Å². The summed E-state index contributed by atoms with van der Waals surface area (Å²) in [5, 5.41) is 8.83. The second-order valence-electron chi connectivity index (χ2n) is 2.91. The Morgan fingerprint density at radius 1 is 1.67 bits per heavy atom. The van der Waals surface area contributed by atoms with Gasteiger partial charge in [-0.2, -0.15) is 5.26 Å². The van der Waals surface area contributed by atoms with Crippen molar-refractivity contribution in [1.29, 1.82) is 5.26 Å². The van der Waals surface area contributed by atoms with Gasteiger partial charge in [0.25, 0.3) is 0 Å². The van der Waals surface area contributed by atoms with Gasteiger partial charge in [0.15, 0.2) is 0 Å². The third kappa shape index (κ3) is 2.23. The van der Waals surface area contributed by atoms with Crippen molar-refractivity contribution in [2.24, 2.45) is 0 Å². The molecule has 0 bridgehead atoms. The van der Waals surface area contributed by atoms with Crippen molar-refractivity contribution in [1.82, 2.24) is 4.98 Å². The number of allylic oxidation sites excluding steroid dienone is 2. The van der Waals surface area contributed by atoms with Gasteiger partial charge in [-0.05, 0) is 24.6 Å². The first-order chi connectivity index (χ1) is 7.24. The predicted molar refractivity (Wildman–Crippen MR) is 58.9 cm³/mol. The van der Waals surface area contributed by atoms with Crippen molar-refractivity contribution in [3.05, 3.63) is 47.8 Å². The Balaban J connectivity index is 3.32. The summed E-state index contributed by atoms with van der Waals surface area (Å²) in [6.07, 6.45) is 4.99. The van der Waals surface area contributed by atoms with Crippen LogP contribution in [0.2, 0.25) is 0 Å². The molecule has 0 aliphatic heterocycles. The van der Waals surface area contributed by atoms with Gasteiger partial charge in [0.2, 0.25) is 0 Å². The van der Waals surface area contributed by atoms with Gasteiger partial charge in [-0.3, -0.25) is 0 Å². The number of nitriles is 1. The normalized spacial score (nSPS) is 10.6. The third-order valence-corrected chi connectivity index (χ3v) is 2.06. The van der Waals surface area contributed by atoms with Crippen LogP contribution in [0.25, 0.3) is 5.76 Å². The monoisotopic (exact) mass is 200 g/mol. The average molecular weight is 200 g/mol. The third-order valence-electron chi connectivity index (χ3n) is 2.06. The summed E-state index contributed by atoms with van der Waals surface area (Å²) in [5.74, 6) is 0.682. The number of aromatic nitrogens is 1. The Kier molecular flexibility index (Phi) is 3.64. The van der Waals surface area contributed by atoms with Gasteiger partial charge < -0.3 is 4.74 Å². The highest BCUT2D eigenvalue weighted by molar-refractivity contribution is 5.65. The van der Waals surface area contributed by atoms with Crippen LogP contribution in [0, 0.1) is 18.3 Å². The second kappa shape index (κ2) is 4.97. The first-order valence-electron chi connectivity index (χ1n) is 4.47. The van der Waals surface area contributed by atoms with Crippen LogP contribution < -0.4 is 0 Å². The molecule has 0 aliphatic carbocycles. The zero-order valence-electron chi connectivity index (χ0n) is 8.82. The quantitative estimate of drug-likeness (QED) is 0.556. The topological polar surface area (TPSA) is 45.9 Å². The molecule has 0 fully saturated rings. The van der Waals surface area contributed by atoms with E-state index in [0.29, 0.717) is 11.5 Å². The lowest BCUT2D eigenvalue weighted by molar-refractivity contribution is 0.370. The van der Waals surface area contributed by atoms with E-state index in [1.807, 2.05) is 19.1 Å². The van der Waals surface area contributed by atoms with Crippen LogP contribution in [0.4, 0.5) is 0 Å². The minimum Gasteiger partial charge on any atom is -0.496 e. The maximum atomic E-state index is 8.83. The van der Waals surface area contributed by atoms with E-state index in [1.165, 1.54) is 0 Å². The molecular weight excluding hydrogens is 188 g/mol. The predicted octanol–water partition coefficient (Wildman–Crippen LogP) is 2.44. The lowest BCUT2D eigenvalue weighted by Crippen LogP contribution is -1.96. The Hall–Kier alpha value is -2.08. The molecule has 0 unspecified atom stereocenters. The number of rotatable bonds is 3. The molecule has 0 radical (unpaired) electrons. The molecule has 1 rings (SSSR count). The van der Waals surface area contributed by atoms with Gasteiger partial charge in [0, 0.05) is 11.8 Å². The Labute approximate surface area is 89.3 Å². The molecule has 3 nitrogen and oxygen atoms in total.